The number of nitrogens with zero attached hydrogens (tertiary/aromatic N) is 2. The molecule has 28 heavy (non-hydrogen) atoms. The maximum Gasteiger partial charge on any atom is 0.225 e. The second-order valence-electron chi connectivity index (χ2n) is 8.43. The van der Waals surface area contributed by atoms with Crippen LogP contribution in [-0.4, -0.2) is 60.9 Å². The van der Waals surface area contributed by atoms with Crippen LogP contribution in [0.1, 0.15) is 44.9 Å². The summed E-state index contributed by atoms with van der Waals surface area (Å²) < 4.78 is 17.5. The van der Waals surface area contributed by atoms with Gasteiger partial charge in [-0.25, -0.2) is 0 Å². The van der Waals surface area contributed by atoms with E-state index in [4.69, 9.17) is 14.2 Å². The fourth-order valence-electron chi connectivity index (χ4n) is 4.84. The fraction of sp³-hybridized carbons (Fsp3) is 0.727. The second-order valence-corrected chi connectivity index (χ2v) is 8.43. The third-order valence-electron chi connectivity index (χ3n) is 6.58. The molecule has 6 nitrogen and oxygen atoms in total. The van der Waals surface area contributed by atoms with Gasteiger partial charge in [0.15, 0.2) is 0 Å². The molecule has 6 heteroatoms. The summed E-state index contributed by atoms with van der Waals surface area (Å²) in [5.41, 5.74) is -0.0380. The minimum Gasteiger partial charge on any atom is -0.492 e. The zero-order chi connectivity index (χ0) is 19.2. The smallest absolute Gasteiger partial charge is 0.225 e. The van der Waals surface area contributed by atoms with E-state index in [1.807, 2.05) is 12.1 Å². The number of aromatic nitrogens is 1. The average Bonchev–Trinajstić information content (AvgIpc) is 2.75. The summed E-state index contributed by atoms with van der Waals surface area (Å²) in [5.74, 6) is 1.95. The molecule has 4 heterocycles. The quantitative estimate of drug-likeness (QED) is 0.776. The number of carbonyl (C=O) groups excluding carboxylic acids is 1. The van der Waals surface area contributed by atoms with Gasteiger partial charge in [-0.3, -0.25) is 9.78 Å². The number of carbonyl (C=O) groups is 1. The summed E-state index contributed by atoms with van der Waals surface area (Å²) in [7, 11) is 0. The van der Waals surface area contributed by atoms with E-state index in [1.165, 1.54) is 0 Å². The van der Waals surface area contributed by atoms with Gasteiger partial charge in [0.2, 0.25) is 5.91 Å². The first-order valence-electron chi connectivity index (χ1n) is 10.8. The third kappa shape index (κ3) is 4.84. The van der Waals surface area contributed by atoms with Gasteiger partial charge < -0.3 is 19.1 Å². The predicted molar refractivity (Wildman–Crippen MR) is 105 cm³/mol. The molecule has 1 atom stereocenters. The molecule has 1 aromatic rings. The molecule has 1 amide bonds. The molecule has 3 saturated heterocycles. The average molecular weight is 389 g/mol. The SMILES string of the molecule is O=C(C1CCOCC1)N1CCC2(CC1)CC(CCOc1cccnc1)CCO2. The Bertz CT molecular complexity index is 625. The van der Waals surface area contributed by atoms with Gasteiger partial charge in [-0.2, -0.15) is 0 Å². The molecule has 3 aliphatic rings. The highest BCUT2D eigenvalue weighted by Gasteiger charge is 2.41. The zero-order valence-electron chi connectivity index (χ0n) is 16.7. The van der Waals surface area contributed by atoms with Crippen molar-refractivity contribution in [2.75, 3.05) is 39.5 Å². The molecule has 3 aliphatic heterocycles. The van der Waals surface area contributed by atoms with E-state index in [9.17, 15) is 4.79 Å². The van der Waals surface area contributed by atoms with Crippen molar-refractivity contribution in [3.05, 3.63) is 24.5 Å². The van der Waals surface area contributed by atoms with Crippen LogP contribution in [0.5, 0.6) is 5.75 Å². The van der Waals surface area contributed by atoms with Crippen LogP contribution in [0.2, 0.25) is 0 Å². The van der Waals surface area contributed by atoms with Gasteiger partial charge in [-0.15, -0.1) is 0 Å². The van der Waals surface area contributed by atoms with Crippen molar-refractivity contribution < 1.29 is 19.0 Å². The molecule has 0 aromatic carbocycles. The Kier molecular flexibility index (Phi) is 6.47. The largest absolute Gasteiger partial charge is 0.492 e. The summed E-state index contributed by atoms with van der Waals surface area (Å²) in [6.45, 7) is 4.65. The van der Waals surface area contributed by atoms with Gasteiger partial charge in [-0.1, -0.05) is 0 Å². The molecule has 0 bridgehead atoms. The van der Waals surface area contributed by atoms with Crippen LogP contribution < -0.4 is 4.74 Å². The number of amides is 1. The van der Waals surface area contributed by atoms with Gasteiger partial charge in [0.1, 0.15) is 5.75 Å². The number of hydrogen-bond acceptors (Lipinski definition) is 5. The minimum atomic E-state index is -0.0380. The Morgan fingerprint density at radius 2 is 2.04 bits per heavy atom. The van der Waals surface area contributed by atoms with Crippen molar-refractivity contribution in [1.82, 2.24) is 9.88 Å². The molecule has 3 fully saturated rings. The second kappa shape index (κ2) is 9.23. The number of pyridine rings is 1. The molecule has 0 N–H and O–H groups in total. The van der Waals surface area contributed by atoms with Crippen LogP contribution in [0, 0.1) is 11.8 Å². The highest BCUT2D eigenvalue weighted by Crippen LogP contribution is 2.39. The van der Waals surface area contributed by atoms with Crippen molar-refractivity contribution in [1.29, 1.82) is 0 Å². The van der Waals surface area contributed by atoms with E-state index in [2.05, 4.69) is 9.88 Å². The number of rotatable bonds is 5. The Balaban J connectivity index is 1.23. The van der Waals surface area contributed by atoms with Crippen LogP contribution in [-0.2, 0) is 14.3 Å². The Labute approximate surface area is 167 Å². The zero-order valence-corrected chi connectivity index (χ0v) is 16.7. The van der Waals surface area contributed by atoms with Crippen LogP contribution in [0.15, 0.2) is 24.5 Å². The van der Waals surface area contributed by atoms with Crippen molar-refractivity contribution >= 4 is 5.91 Å². The Hall–Kier alpha value is -1.66. The Morgan fingerprint density at radius 3 is 2.79 bits per heavy atom. The van der Waals surface area contributed by atoms with Gasteiger partial charge in [0.25, 0.3) is 0 Å². The van der Waals surface area contributed by atoms with Crippen molar-refractivity contribution in [2.24, 2.45) is 11.8 Å². The molecule has 0 radical (unpaired) electrons. The molecule has 0 saturated carbocycles. The molecule has 154 valence electrons. The number of piperidine rings is 1. The molecular formula is C22H32N2O4. The van der Waals surface area contributed by atoms with Crippen LogP contribution in [0.4, 0.5) is 0 Å². The lowest BCUT2D eigenvalue weighted by atomic mass is 9.78. The van der Waals surface area contributed by atoms with E-state index in [0.717, 1.165) is 90.2 Å². The highest BCUT2D eigenvalue weighted by atomic mass is 16.5. The van der Waals surface area contributed by atoms with E-state index in [1.54, 1.807) is 12.4 Å². The van der Waals surface area contributed by atoms with E-state index >= 15 is 0 Å². The van der Waals surface area contributed by atoms with Crippen LogP contribution >= 0.6 is 0 Å². The van der Waals surface area contributed by atoms with Crippen molar-refractivity contribution in [3.8, 4) is 5.75 Å². The molecule has 1 spiro atoms. The first-order chi connectivity index (χ1) is 13.7. The number of likely N-dealkylation sites (tertiary alicyclic amines) is 1. The lowest BCUT2D eigenvalue weighted by Gasteiger charge is -2.47. The van der Waals surface area contributed by atoms with Gasteiger partial charge in [-0.05, 0) is 63.0 Å². The predicted octanol–water partition coefficient (Wildman–Crippen LogP) is 3.06. The molecule has 4 rings (SSSR count). The first kappa shape index (κ1) is 19.6. The standard InChI is InChI=1S/C22H32N2O4/c25-21(19-5-12-26-13-6-19)24-10-7-22(8-11-24)16-18(4-15-28-22)3-14-27-20-2-1-9-23-17-20/h1-2,9,17-19H,3-8,10-16H2. The molecule has 1 unspecified atom stereocenters. The maximum atomic E-state index is 12.8. The van der Waals surface area contributed by atoms with Gasteiger partial charge >= 0.3 is 0 Å². The molecule has 1 aromatic heterocycles. The van der Waals surface area contributed by atoms with E-state index < -0.39 is 0 Å². The van der Waals surface area contributed by atoms with Crippen molar-refractivity contribution in [2.45, 2.75) is 50.5 Å². The third-order valence-corrected chi connectivity index (χ3v) is 6.58. The summed E-state index contributed by atoms with van der Waals surface area (Å²) >= 11 is 0. The summed E-state index contributed by atoms with van der Waals surface area (Å²) in [6.07, 6.45) is 10.4. The fourth-order valence-corrected chi connectivity index (χ4v) is 4.84. The van der Waals surface area contributed by atoms with Crippen LogP contribution in [0.3, 0.4) is 0 Å². The summed E-state index contributed by atoms with van der Waals surface area (Å²) in [6, 6.07) is 3.85. The summed E-state index contributed by atoms with van der Waals surface area (Å²) in [5, 5.41) is 0. The lowest BCUT2D eigenvalue weighted by molar-refractivity contribution is -0.153. The summed E-state index contributed by atoms with van der Waals surface area (Å²) in [4.78, 5) is 18.9. The van der Waals surface area contributed by atoms with Gasteiger partial charge in [0, 0.05) is 45.0 Å². The van der Waals surface area contributed by atoms with Gasteiger partial charge in [0.05, 0.1) is 18.4 Å². The lowest BCUT2D eigenvalue weighted by Crippen LogP contribution is -2.52. The Morgan fingerprint density at radius 1 is 1.21 bits per heavy atom. The number of ether oxygens (including phenoxy) is 3. The topological polar surface area (TPSA) is 60.9 Å². The highest BCUT2D eigenvalue weighted by molar-refractivity contribution is 5.79. The maximum absolute atomic E-state index is 12.8. The van der Waals surface area contributed by atoms with Crippen molar-refractivity contribution in [3.63, 3.8) is 0 Å². The normalized spacial score (nSPS) is 25.6. The van der Waals surface area contributed by atoms with E-state index in [-0.39, 0.29) is 11.5 Å². The minimum absolute atomic E-state index is 0.0380. The first-order valence-corrected chi connectivity index (χ1v) is 10.8. The van der Waals surface area contributed by atoms with E-state index in [0.29, 0.717) is 11.8 Å². The molecular weight excluding hydrogens is 356 g/mol. The van der Waals surface area contributed by atoms with Crippen LogP contribution in [0.25, 0.3) is 0 Å². The molecule has 0 aliphatic carbocycles. The number of hydrogen-bond donors (Lipinski definition) is 0. The monoisotopic (exact) mass is 388 g/mol.